The summed E-state index contributed by atoms with van der Waals surface area (Å²) in [6.07, 6.45) is -0.936. The molecule has 1 amide bonds. The van der Waals surface area contributed by atoms with E-state index < -0.39 is 28.1 Å². The van der Waals surface area contributed by atoms with E-state index in [9.17, 15) is 22.0 Å². The molecule has 1 heterocycles. The minimum Gasteiger partial charge on any atom is -0.396 e. The largest absolute Gasteiger partial charge is 0.396 e. The number of aromatic nitrogens is 1. The minimum absolute atomic E-state index is 0.0493. The average Bonchev–Trinajstić information content (AvgIpc) is 3.47. The molecule has 6 nitrogen and oxygen atoms in total. The molecule has 10 heteroatoms. The summed E-state index contributed by atoms with van der Waals surface area (Å²) in [5.74, 6) is -1.34. The molecule has 1 aromatic heterocycles. The van der Waals surface area contributed by atoms with Crippen LogP contribution >= 0.6 is 11.3 Å². The van der Waals surface area contributed by atoms with Crippen LogP contribution in [0.5, 0.6) is 0 Å². The third-order valence-corrected chi connectivity index (χ3v) is 9.20. The fraction of sp³-hybridized carbons (Fsp3) is 0.545. The van der Waals surface area contributed by atoms with E-state index in [2.05, 4.69) is 10.3 Å². The number of hydrogen-bond donors (Lipinski definition) is 2. The first-order valence-corrected chi connectivity index (χ1v) is 13.2. The molecule has 0 bridgehead atoms. The number of carbonyl (C=O) groups is 1. The summed E-state index contributed by atoms with van der Waals surface area (Å²) in [5.41, 5.74) is 1.26. The first-order valence-electron chi connectivity index (χ1n) is 10.8. The molecule has 0 radical (unpaired) electrons. The van der Waals surface area contributed by atoms with Crippen molar-refractivity contribution in [2.75, 3.05) is 11.9 Å². The highest BCUT2D eigenvalue weighted by atomic mass is 32.2. The monoisotopic (exact) mass is 484 g/mol. The summed E-state index contributed by atoms with van der Waals surface area (Å²) in [7, 11) is -3.35. The van der Waals surface area contributed by atoms with Gasteiger partial charge in [0.25, 0.3) is 0 Å². The molecule has 2 fully saturated rings. The second-order valence-electron chi connectivity index (χ2n) is 8.58. The highest BCUT2D eigenvalue weighted by Gasteiger charge is 2.38. The Labute approximate surface area is 190 Å². The van der Waals surface area contributed by atoms with Crippen LogP contribution < -0.4 is 5.32 Å². The van der Waals surface area contributed by atoms with Gasteiger partial charge in [0.05, 0.1) is 21.8 Å². The molecule has 4 rings (SSSR count). The number of thiazole rings is 1. The Morgan fingerprint density at radius 1 is 1.19 bits per heavy atom. The van der Waals surface area contributed by atoms with E-state index in [1.54, 1.807) is 17.5 Å². The molecule has 32 heavy (non-hydrogen) atoms. The Balaban J connectivity index is 1.54. The maximum absolute atomic E-state index is 13.7. The quantitative estimate of drug-likeness (QED) is 0.564. The van der Waals surface area contributed by atoms with Gasteiger partial charge in [0, 0.05) is 18.4 Å². The smallest absolute Gasteiger partial charge is 0.233 e. The van der Waals surface area contributed by atoms with E-state index in [0.29, 0.717) is 35.7 Å². The number of amides is 1. The van der Waals surface area contributed by atoms with E-state index >= 15 is 0 Å². The van der Waals surface area contributed by atoms with Gasteiger partial charge < -0.3 is 10.4 Å². The summed E-state index contributed by atoms with van der Waals surface area (Å²) in [4.78, 5) is 17.6. The zero-order chi connectivity index (χ0) is 22.9. The van der Waals surface area contributed by atoms with Crippen LogP contribution in [0.2, 0.25) is 0 Å². The van der Waals surface area contributed by atoms with Gasteiger partial charge in [0.2, 0.25) is 5.91 Å². The van der Waals surface area contributed by atoms with Crippen molar-refractivity contribution in [3.63, 3.8) is 0 Å². The number of aliphatic hydroxyl groups excluding tert-OH is 1. The number of hydrogen-bond acceptors (Lipinski definition) is 6. The summed E-state index contributed by atoms with van der Waals surface area (Å²) in [6, 6.07) is 6.26. The Hall–Kier alpha value is -1.91. The van der Waals surface area contributed by atoms with Crippen LogP contribution in [-0.4, -0.2) is 48.6 Å². The van der Waals surface area contributed by atoms with Crippen molar-refractivity contribution in [2.24, 2.45) is 5.92 Å². The molecule has 0 saturated heterocycles. The lowest BCUT2D eigenvalue weighted by atomic mass is 9.87. The fourth-order valence-corrected chi connectivity index (χ4v) is 6.60. The lowest BCUT2D eigenvalue weighted by molar-refractivity contribution is -0.118. The highest BCUT2D eigenvalue weighted by molar-refractivity contribution is 7.92. The van der Waals surface area contributed by atoms with E-state index in [0.717, 1.165) is 0 Å². The van der Waals surface area contributed by atoms with Crippen LogP contribution in [0.15, 0.2) is 34.5 Å². The van der Waals surface area contributed by atoms with Crippen molar-refractivity contribution in [1.82, 2.24) is 4.98 Å². The molecule has 1 aromatic carbocycles. The zero-order valence-electron chi connectivity index (χ0n) is 17.4. The van der Waals surface area contributed by atoms with Gasteiger partial charge in [-0.05, 0) is 55.7 Å². The minimum atomic E-state index is -3.35. The predicted octanol–water partition coefficient (Wildman–Crippen LogP) is 3.81. The van der Waals surface area contributed by atoms with Crippen molar-refractivity contribution >= 4 is 32.2 Å². The number of rotatable bonds is 9. The van der Waals surface area contributed by atoms with Crippen molar-refractivity contribution in [3.05, 3.63) is 40.9 Å². The normalized spacial score (nSPS) is 24.4. The van der Waals surface area contributed by atoms with Gasteiger partial charge in [-0.2, -0.15) is 0 Å². The number of aliphatic hydroxyl groups is 1. The number of nitrogens with one attached hydrogen (secondary N) is 1. The third-order valence-electron chi connectivity index (χ3n) is 6.12. The van der Waals surface area contributed by atoms with Crippen LogP contribution in [0.25, 0.3) is 0 Å². The molecule has 0 unspecified atom stereocenters. The van der Waals surface area contributed by atoms with Crippen LogP contribution in [0.3, 0.4) is 0 Å². The second-order valence-corrected chi connectivity index (χ2v) is 11.7. The van der Waals surface area contributed by atoms with Crippen molar-refractivity contribution in [1.29, 1.82) is 0 Å². The summed E-state index contributed by atoms with van der Waals surface area (Å²) >= 11 is 1.24. The van der Waals surface area contributed by atoms with Crippen LogP contribution in [-0.2, 0) is 21.1 Å². The van der Waals surface area contributed by atoms with Crippen LogP contribution in [0, 0.1) is 5.92 Å². The third kappa shape index (κ3) is 5.18. The first kappa shape index (κ1) is 23.3. The van der Waals surface area contributed by atoms with Gasteiger partial charge in [0.1, 0.15) is 12.3 Å². The molecule has 2 aromatic rings. The molecular formula is C22H26F2N2O4S2. The Morgan fingerprint density at radius 2 is 1.84 bits per heavy atom. The Morgan fingerprint density at radius 3 is 2.44 bits per heavy atom. The molecule has 0 spiro atoms. The lowest BCUT2D eigenvalue weighted by Crippen LogP contribution is -2.23. The highest BCUT2D eigenvalue weighted by Crippen LogP contribution is 2.39. The van der Waals surface area contributed by atoms with E-state index in [1.165, 1.54) is 23.5 Å². The predicted molar refractivity (Wildman–Crippen MR) is 118 cm³/mol. The molecule has 4 atom stereocenters. The number of alkyl halides is 2. The first-order chi connectivity index (χ1) is 15.3. The van der Waals surface area contributed by atoms with E-state index in [1.807, 2.05) is 0 Å². The SMILES string of the molecule is O=C(Nc1nc(CCO)cs1)[C@H](C[C@H]1C[C@@H](F)[C@@H](F)C1)c1ccc(S(=O)(=O)C2CC2)cc1. The van der Waals surface area contributed by atoms with Gasteiger partial charge in [-0.25, -0.2) is 22.2 Å². The topological polar surface area (TPSA) is 96.4 Å². The van der Waals surface area contributed by atoms with E-state index in [-0.39, 0.29) is 47.8 Å². The van der Waals surface area contributed by atoms with Gasteiger partial charge in [0.15, 0.2) is 15.0 Å². The number of sulfone groups is 1. The van der Waals surface area contributed by atoms with E-state index in [4.69, 9.17) is 5.11 Å². The number of nitrogens with zero attached hydrogens (tertiary/aromatic N) is 1. The van der Waals surface area contributed by atoms with Gasteiger partial charge >= 0.3 is 0 Å². The van der Waals surface area contributed by atoms with Crippen molar-refractivity contribution in [2.45, 2.75) is 66.9 Å². The molecule has 0 aliphatic heterocycles. The fourth-order valence-electron chi connectivity index (χ4n) is 4.20. The van der Waals surface area contributed by atoms with Crippen molar-refractivity contribution < 1.29 is 27.1 Å². The van der Waals surface area contributed by atoms with Crippen LogP contribution in [0.1, 0.15) is 49.3 Å². The molecular weight excluding hydrogens is 458 g/mol. The average molecular weight is 485 g/mol. The number of benzene rings is 1. The van der Waals surface area contributed by atoms with Gasteiger partial charge in [-0.3, -0.25) is 4.79 Å². The maximum atomic E-state index is 13.7. The maximum Gasteiger partial charge on any atom is 0.233 e. The number of anilines is 1. The number of halogens is 2. The molecule has 2 N–H and O–H groups in total. The standard InChI is InChI=1S/C22H26F2N2O4S2/c23-19-10-13(11-20(19)24)9-18(21(28)26-22-25-15(7-8-27)12-31-22)14-1-3-16(4-2-14)32(29,30)17-5-6-17/h1-4,12-13,17-20,27H,5-11H2,(H,25,26,28)/t13-,18-,19+,20-/m1/s1. The Kier molecular flexibility index (Phi) is 6.92. The lowest BCUT2D eigenvalue weighted by Gasteiger charge is -2.20. The summed E-state index contributed by atoms with van der Waals surface area (Å²) in [6.45, 7) is -0.0493. The van der Waals surface area contributed by atoms with Crippen molar-refractivity contribution in [3.8, 4) is 0 Å². The second kappa shape index (κ2) is 9.52. The Bertz CT molecular complexity index is 1040. The summed E-state index contributed by atoms with van der Waals surface area (Å²) in [5, 5.41) is 13.6. The number of carbonyl (C=O) groups excluding carboxylic acids is 1. The van der Waals surface area contributed by atoms with Crippen LogP contribution in [0.4, 0.5) is 13.9 Å². The van der Waals surface area contributed by atoms with Gasteiger partial charge in [-0.15, -0.1) is 11.3 Å². The molecule has 2 saturated carbocycles. The molecule has 2 aliphatic rings. The summed E-state index contributed by atoms with van der Waals surface area (Å²) < 4.78 is 52.4. The molecule has 174 valence electrons. The molecule has 2 aliphatic carbocycles. The zero-order valence-corrected chi connectivity index (χ0v) is 19.0. The van der Waals surface area contributed by atoms with Gasteiger partial charge in [-0.1, -0.05) is 12.1 Å².